The summed E-state index contributed by atoms with van der Waals surface area (Å²) in [7, 11) is -3.49. The van der Waals surface area contributed by atoms with Gasteiger partial charge in [-0.1, -0.05) is 0 Å². The zero-order chi connectivity index (χ0) is 13.5. The Morgan fingerprint density at radius 3 is 2.35 bits per heavy atom. The van der Waals surface area contributed by atoms with Crippen LogP contribution in [0.15, 0.2) is 0 Å². The van der Waals surface area contributed by atoms with Gasteiger partial charge in [-0.2, -0.15) is 0 Å². The van der Waals surface area contributed by atoms with E-state index in [1.165, 1.54) is 0 Å². The Hall–Kier alpha value is -0.860. The van der Waals surface area contributed by atoms with Crippen LogP contribution in [0.3, 0.4) is 0 Å². The SMILES string of the molecule is CC(C)(C)OC(=O)NCCOCCS(N)(=O)=O. The van der Waals surface area contributed by atoms with Gasteiger partial charge in [0.05, 0.1) is 19.0 Å². The van der Waals surface area contributed by atoms with Crippen LogP contribution in [0.25, 0.3) is 0 Å². The molecule has 1 amide bonds. The van der Waals surface area contributed by atoms with Crippen molar-refractivity contribution in [3.63, 3.8) is 0 Å². The molecule has 0 unspecified atom stereocenters. The van der Waals surface area contributed by atoms with Crippen molar-refractivity contribution in [3.05, 3.63) is 0 Å². The van der Waals surface area contributed by atoms with Gasteiger partial charge in [0.2, 0.25) is 10.0 Å². The number of carbonyl (C=O) groups excluding carboxylic acids is 1. The summed E-state index contributed by atoms with van der Waals surface area (Å²) in [5.41, 5.74) is -0.543. The molecular weight excluding hydrogens is 248 g/mol. The van der Waals surface area contributed by atoms with Gasteiger partial charge in [-0.25, -0.2) is 18.4 Å². The number of hydrogen-bond donors (Lipinski definition) is 2. The lowest BCUT2D eigenvalue weighted by Gasteiger charge is -2.19. The van der Waals surface area contributed by atoms with E-state index in [1.807, 2.05) is 0 Å². The van der Waals surface area contributed by atoms with Crippen LogP contribution in [0.1, 0.15) is 20.8 Å². The predicted octanol–water partition coefficient (Wildman–Crippen LogP) is -0.184. The number of ether oxygens (including phenoxy) is 2. The molecule has 7 nitrogen and oxygen atoms in total. The van der Waals surface area contributed by atoms with E-state index in [0.29, 0.717) is 0 Å². The van der Waals surface area contributed by atoms with Crippen LogP contribution in [0.2, 0.25) is 0 Å². The molecule has 0 bridgehead atoms. The summed E-state index contributed by atoms with van der Waals surface area (Å²) in [6, 6.07) is 0. The average Bonchev–Trinajstić information content (AvgIpc) is 2.06. The van der Waals surface area contributed by atoms with Gasteiger partial charge < -0.3 is 14.8 Å². The minimum absolute atomic E-state index is 0.00876. The molecule has 0 aromatic rings. The lowest BCUT2D eigenvalue weighted by molar-refractivity contribution is 0.0503. The molecule has 0 aromatic heterocycles. The molecule has 0 fully saturated rings. The van der Waals surface area contributed by atoms with Crippen molar-refractivity contribution in [2.24, 2.45) is 5.14 Å². The van der Waals surface area contributed by atoms with E-state index in [2.05, 4.69) is 5.32 Å². The molecule has 0 aliphatic carbocycles. The maximum atomic E-state index is 11.1. The first kappa shape index (κ1) is 16.1. The fraction of sp³-hybridized carbons (Fsp3) is 0.889. The smallest absolute Gasteiger partial charge is 0.407 e. The minimum Gasteiger partial charge on any atom is -0.444 e. The van der Waals surface area contributed by atoms with Crippen LogP contribution in [0.5, 0.6) is 0 Å². The number of alkyl carbamates (subject to hydrolysis) is 1. The van der Waals surface area contributed by atoms with Gasteiger partial charge in [-0.15, -0.1) is 0 Å². The Bertz CT molecular complexity index is 334. The molecule has 3 N–H and O–H groups in total. The van der Waals surface area contributed by atoms with Crippen LogP contribution < -0.4 is 10.5 Å². The number of nitrogens with one attached hydrogen (secondary N) is 1. The van der Waals surface area contributed by atoms with Crippen LogP contribution in [-0.2, 0) is 19.5 Å². The van der Waals surface area contributed by atoms with E-state index < -0.39 is 21.7 Å². The first-order chi connectivity index (χ1) is 7.60. The lowest BCUT2D eigenvalue weighted by Crippen LogP contribution is -2.34. The molecule has 0 aromatic carbocycles. The van der Waals surface area contributed by atoms with Crippen molar-refractivity contribution in [1.29, 1.82) is 0 Å². The van der Waals surface area contributed by atoms with Crippen molar-refractivity contribution in [1.82, 2.24) is 5.32 Å². The summed E-state index contributed by atoms with van der Waals surface area (Å²) in [5, 5.41) is 7.24. The fourth-order valence-electron chi connectivity index (χ4n) is 0.817. The van der Waals surface area contributed by atoms with Gasteiger partial charge in [-0.05, 0) is 20.8 Å². The summed E-state index contributed by atoms with van der Waals surface area (Å²) in [6.07, 6.45) is -0.535. The molecule has 0 atom stereocenters. The fourth-order valence-corrected chi connectivity index (χ4v) is 1.17. The highest BCUT2D eigenvalue weighted by molar-refractivity contribution is 7.89. The highest BCUT2D eigenvalue weighted by Crippen LogP contribution is 2.05. The molecule has 102 valence electrons. The quantitative estimate of drug-likeness (QED) is 0.649. The van der Waals surface area contributed by atoms with E-state index >= 15 is 0 Å². The molecule has 0 heterocycles. The standard InChI is InChI=1S/C9H20N2O5S/c1-9(2,3)16-8(12)11-4-5-15-6-7-17(10,13)14/h4-7H2,1-3H3,(H,11,12)(H2,10,13,14). The number of rotatable bonds is 6. The summed E-state index contributed by atoms with van der Waals surface area (Å²) in [5.74, 6) is -0.237. The zero-order valence-corrected chi connectivity index (χ0v) is 11.2. The van der Waals surface area contributed by atoms with Gasteiger partial charge in [0.15, 0.2) is 0 Å². The van der Waals surface area contributed by atoms with E-state index in [-0.39, 0.29) is 25.5 Å². The predicted molar refractivity (Wildman–Crippen MR) is 63.0 cm³/mol. The second-order valence-corrected chi connectivity index (χ2v) is 6.14. The van der Waals surface area contributed by atoms with Crippen molar-refractivity contribution >= 4 is 16.1 Å². The molecule has 0 rings (SSSR count). The van der Waals surface area contributed by atoms with E-state index in [1.54, 1.807) is 20.8 Å². The second kappa shape index (κ2) is 6.77. The van der Waals surface area contributed by atoms with Gasteiger partial charge in [-0.3, -0.25) is 0 Å². The third kappa shape index (κ3) is 13.1. The van der Waals surface area contributed by atoms with Crippen molar-refractivity contribution < 1.29 is 22.7 Å². The largest absolute Gasteiger partial charge is 0.444 e. The summed E-state index contributed by atoms with van der Waals surface area (Å²) < 4.78 is 31.0. The Labute approximate surface area is 102 Å². The Morgan fingerprint density at radius 1 is 1.29 bits per heavy atom. The van der Waals surface area contributed by atoms with Crippen molar-refractivity contribution in [2.75, 3.05) is 25.5 Å². The first-order valence-electron chi connectivity index (χ1n) is 5.15. The second-order valence-electron chi connectivity index (χ2n) is 4.41. The van der Waals surface area contributed by atoms with Gasteiger partial charge in [0, 0.05) is 6.54 Å². The van der Waals surface area contributed by atoms with Crippen LogP contribution >= 0.6 is 0 Å². The minimum atomic E-state index is -3.49. The van der Waals surface area contributed by atoms with Crippen LogP contribution in [0, 0.1) is 0 Å². The molecule has 8 heteroatoms. The van der Waals surface area contributed by atoms with Crippen molar-refractivity contribution in [2.45, 2.75) is 26.4 Å². The number of nitrogens with two attached hydrogens (primary N) is 1. The topological polar surface area (TPSA) is 108 Å². The van der Waals surface area contributed by atoms with Crippen LogP contribution in [-0.4, -0.2) is 45.6 Å². The highest BCUT2D eigenvalue weighted by Gasteiger charge is 2.15. The van der Waals surface area contributed by atoms with E-state index in [4.69, 9.17) is 14.6 Å². The summed E-state index contributed by atoms with van der Waals surface area (Å²) in [6.45, 7) is 5.74. The Balaban J connectivity index is 3.50. The molecule has 0 aliphatic rings. The number of sulfonamides is 1. The van der Waals surface area contributed by atoms with E-state index in [9.17, 15) is 13.2 Å². The Kier molecular flexibility index (Phi) is 6.43. The molecule has 0 spiro atoms. The third-order valence-corrected chi connectivity index (χ3v) is 2.16. The molecule has 0 saturated carbocycles. The number of hydrogen-bond acceptors (Lipinski definition) is 5. The van der Waals surface area contributed by atoms with Gasteiger partial charge in [0.1, 0.15) is 5.60 Å². The van der Waals surface area contributed by atoms with Gasteiger partial charge >= 0.3 is 6.09 Å². The monoisotopic (exact) mass is 268 g/mol. The number of carbonyl (C=O) groups is 1. The highest BCUT2D eigenvalue weighted by atomic mass is 32.2. The molecule has 17 heavy (non-hydrogen) atoms. The average molecular weight is 268 g/mol. The molecule has 0 saturated heterocycles. The van der Waals surface area contributed by atoms with Crippen molar-refractivity contribution in [3.8, 4) is 0 Å². The Morgan fingerprint density at radius 2 is 1.88 bits per heavy atom. The maximum Gasteiger partial charge on any atom is 0.407 e. The molecular formula is C9H20N2O5S. The maximum absolute atomic E-state index is 11.1. The van der Waals surface area contributed by atoms with Crippen LogP contribution in [0.4, 0.5) is 4.79 Å². The molecule has 0 aliphatic heterocycles. The molecule has 0 radical (unpaired) electrons. The third-order valence-electron chi connectivity index (χ3n) is 1.43. The normalized spacial score (nSPS) is 12.2. The summed E-state index contributed by atoms with van der Waals surface area (Å²) >= 11 is 0. The number of primary sulfonamides is 1. The number of amides is 1. The van der Waals surface area contributed by atoms with E-state index in [0.717, 1.165) is 0 Å². The first-order valence-corrected chi connectivity index (χ1v) is 6.87. The zero-order valence-electron chi connectivity index (χ0n) is 10.4. The van der Waals surface area contributed by atoms with Gasteiger partial charge in [0.25, 0.3) is 0 Å². The summed E-state index contributed by atoms with van der Waals surface area (Å²) in [4.78, 5) is 11.1. The lowest BCUT2D eigenvalue weighted by atomic mass is 10.2.